The number of fused-ring (bicyclic) bond motifs is 3. The maximum Gasteiger partial charge on any atom is 0.255 e. The summed E-state index contributed by atoms with van der Waals surface area (Å²) in [4.78, 5) is 40.7. The van der Waals surface area contributed by atoms with Gasteiger partial charge in [-0.2, -0.15) is 0 Å². The SMILES string of the molecule is CN(C)[C@@H]1C(=O)C(C(N)=O)=C(O)[C@@]2(O)C(=O)C3=C(O)c4c(O)c(CN)cc(-c5ccccc5)c4C[C@H]3C[C@@H]12. The van der Waals surface area contributed by atoms with Gasteiger partial charge in [0.15, 0.2) is 11.4 Å². The molecule has 10 heteroatoms. The van der Waals surface area contributed by atoms with Gasteiger partial charge in [-0.25, -0.2) is 0 Å². The van der Waals surface area contributed by atoms with E-state index >= 15 is 0 Å². The predicted molar refractivity (Wildman–Crippen MR) is 138 cm³/mol. The second-order valence-corrected chi connectivity index (χ2v) is 10.3. The molecular weight excluding hydrogens is 490 g/mol. The highest BCUT2D eigenvalue weighted by atomic mass is 16.3. The number of amides is 1. The summed E-state index contributed by atoms with van der Waals surface area (Å²) in [5, 5.41) is 45.2. The first-order valence-corrected chi connectivity index (χ1v) is 12.2. The maximum atomic E-state index is 14.0. The van der Waals surface area contributed by atoms with Crippen molar-refractivity contribution in [1.82, 2.24) is 4.90 Å². The zero-order valence-corrected chi connectivity index (χ0v) is 20.9. The van der Waals surface area contributed by atoms with Crippen LogP contribution >= 0.6 is 0 Å². The molecule has 2 aromatic rings. The van der Waals surface area contributed by atoms with Crippen molar-refractivity contribution in [1.29, 1.82) is 0 Å². The van der Waals surface area contributed by atoms with Crippen molar-refractivity contribution in [3.63, 3.8) is 0 Å². The quantitative estimate of drug-likeness (QED) is 0.321. The van der Waals surface area contributed by atoms with E-state index in [1.165, 1.54) is 4.90 Å². The Labute approximate surface area is 218 Å². The molecule has 0 bridgehead atoms. The van der Waals surface area contributed by atoms with Crippen LogP contribution in [-0.4, -0.2) is 68.5 Å². The number of hydrogen-bond acceptors (Lipinski definition) is 9. The monoisotopic (exact) mass is 519 g/mol. The Morgan fingerprint density at radius 1 is 1.13 bits per heavy atom. The molecule has 38 heavy (non-hydrogen) atoms. The first kappa shape index (κ1) is 25.7. The Morgan fingerprint density at radius 3 is 2.37 bits per heavy atom. The third-order valence-electron chi connectivity index (χ3n) is 8.10. The normalized spacial score (nSPS) is 26.8. The van der Waals surface area contributed by atoms with Crippen LogP contribution < -0.4 is 11.5 Å². The fourth-order valence-corrected chi connectivity index (χ4v) is 6.40. The molecule has 3 aliphatic rings. The number of hydrogen-bond donors (Lipinski definition) is 6. The van der Waals surface area contributed by atoms with Gasteiger partial charge >= 0.3 is 0 Å². The van der Waals surface area contributed by atoms with Crippen molar-refractivity contribution in [2.75, 3.05) is 14.1 Å². The van der Waals surface area contributed by atoms with E-state index in [0.717, 1.165) is 11.1 Å². The number of carbonyl (C=O) groups excluding carboxylic acids is 3. The van der Waals surface area contributed by atoms with Crippen LogP contribution in [0.3, 0.4) is 0 Å². The molecular formula is C28H29N3O7. The van der Waals surface area contributed by atoms with Gasteiger partial charge in [0.2, 0.25) is 5.78 Å². The van der Waals surface area contributed by atoms with Gasteiger partial charge in [-0.15, -0.1) is 0 Å². The molecule has 8 N–H and O–H groups in total. The molecule has 3 aliphatic carbocycles. The standard InChI is InChI=1S/C28H29N3O7/c1-31(2)21-17-10-13-8-16-15(12-6-4-3-5-7-12)9-14(11-29)22(32)19(16)23(33)18(13)25(35)28(17,38)26(36)20(24(21)34)27(30)37/h3-7,9,13,17,21,32-33,36,38H,8,10-11,29H2,1-2H3,(H2,30,37)/t13-,17-,21-,28-/m0/s1. The van der Waals surface area contributed by atoms with Crippen LogP contribution in [0.2, 0.25) is 0 Å². The average Bonchev–Trinajstić information content (AvgIpc) is 2.86. The molecule has 0 heterocycles. The molecule has 2 aromatic carbocycles. The van der Waals surface area contributed by atoms with Gasteiger partial charge < -0.3 is 31.9 Å². The van der Waals surface area contributed by atoms with E-state index in [1.54, 1.807) is 20.2 Å². The molecule has 0 spiro atoms. The van der Waals surface area contributed by atoms with Crippen LogP contribution in [0.1, 0.15) is 23.1 Å². The summed E-state index contributed by atoms with van der Waals surface area (Å²) in [7, 11) is 3.13. The van der Waals surface area contributed by atoms with Gasteiger partial charge in [-0.1, -0.05) is 30.3 Å². The molecule has 0 aromatic heterocycles. The van der Waals surface area contributed by atoms with Gasteiger partial charge in [0.25, 0.3) is 5.91 Å². The second kappa shape index (κ2) is 8.80. The van der Waals surface area contributed by atoms with E-state index in [9.17, 15) is 34.8 Å². The lowest BCUT2D eigenvalue weighted by Crippen LogP contribution is -2.65. The number of Topliss-reactive ketones (excluding diaryl/α,β-unsaturated/α-hetero) is 2. The molecule has 0 aliphatic heterocycles. The Balaban J connectivity index is 1.78. The Morgan fingerprint density at radius 2 is 1.79 bits per heavy atom. The molecule has 1 saturated carbocycles. The number of phenolic OH excluding ortho intramolecular Hbond substituents is 1. The number of benzene rings is 2. The molecule has 1 amide bonds. The largest absolute Gasteiger partial charge is 0.508 e. The van der Waals surface area contributed by atoms with Gasteiger partial charge in [0.1, 0.15) is 22.8 Å². The lowest BCUT2D eigenvalue weighted by Gasteiger charge is -2.50. The summed E-state index contributed by atoms with van der Waals surface area (Å²) < 4.78 is 0. The number of primary amides is 1. The third-order valence-corrected chi connectivity index (χ3v) is 8.10. The number of aromatic hydroxyl groups is 1. The fourth-order valence-electron chi connectivity index (χ4n) is 6.40. The van der Waals surface area contributed by atoms with Crippen molar-refractivity contribution >= 4 is 23.2 Å². The Bertz CT molecular complexity index is 1460. The molecule has 0 unspecified atom stereocenters. The first-order valence-electron chi connectivity index (χ1n) is 12.2. The van der Waals surface area contributed by atoms with Gasteiger partial charge in [0.05, 0.1) is 11.6 Å². The second-order valence-electron chi connectivity index (χ2n) is 10.3. The molecule has 1 fully saturated rings. The summed E-state index contributed by atoms with van der Waals surface area (Å²) in [6.07, 6.45) is 0.233. The van der Waals surface area contributed by atoms with Crippen molar-refractivity contribution in [2.45, 2.75) is 31.0 Å². The number of rotatable bonds is 4. The molecule has 4 atom stereocenters. The number of likely N-dealkylation sites (N-methyl/N-ethyl adjacent to an activating group) is 1. The van der Waals surface area contributed by atoms with Crippen LogP contribution in [0, 0.1) is 11.8 Å². The Kier molecular flexibility index (Phi) is 5.94. The summed E-state index contributed by atoms with van der Waals surface area (Å²) >= 11 is 0. The smallest absolute Gasteiger partial charge is 0.255 e. The van der Waals surface area contributed by atoms with Gasteiger partial charge in [-0.05, 0) is 55.6 Å². The number of aliphatic hydroxyl groups is 3. The lowest BCUT2D eigenvalue weighted by molar-refractivity contribution is -0.153. The summed E-state index contributed by atoms with van der Waals surface area (Å²) in [6, 6.07) is 9.95. The predicted octanol–water partition coefficient (Wildman–Crippen LogP) is 1.09. The Hall–Kier alpha value is -3.99. The van der Waals surface area contributed by atoms with Crippen molar-refractivity contribution in [3.8, 4) is 16.9 Å². The number of phenols is 1. The van der Waals surface area contributed by atoms with E-state index in [-0.39, 0.29) is 36.3 Å². The van der Waals surface area contributed by atoms with Crippen molar-refractivity contribution in [2.24, 2.45) is 23.3 Å². The summed E-state index contributed by atoms with van der Waals surface area (Å²) in [5.74, 6) is -6.81. The van der Waals surface area contributed by atoms with E-state index < -0.39 is 58.0 Å². The lowest BCUT2D eigenvalue weighted by atomic mass is 9.57. The van der Waals surface area contributed by atoms with Crippen LogP contribution in [0.5, 0.6) is 5.75 Å². The number of nitrogens with two attached hydrogens (primary N) is 2. The maximum absolute atomic E-state index is 14.0. The number of carbonyl (C=O) groups is 3. The molecule has 0 radical (unpaired) electrons. The summed E-state index contributed by atoms with van der Waals surface area (Å²) in [5.41, 5.74) is 10.0. The third kappa shape index (κ3) is 3.34. The zero-order valence-electron chi connectivity index (χ0n) is 20.9. The minimum Gasteiger partial charge on any atom is -0.508 e. The molecule has 198 valence electrons. The molecule has 0 saturated heterocycles. The highest BCUT2D eigenvalue weighted by Crippen LogP contribution is 2.54. The van der Waals surface area contributed by atoms with Crippen LogP contribution in [0.15, 0.2) is 53.3 Å². The van der Waals surface area contributed by atoms with Crippen molar-refractivity contribution < 1.29 is 34.8 Å². The fraction of sp³-hybridized carbons (Fsp3) is 0.321. The van der Waals surface area contributed by atoms with E-state index in [1.807, 2.05) is 30.3 Å². The minimum absolute atomic E-state index is 0.0272. The number of aliphatic hydroxyl groups excluding tert-OH is 2. The summed E-state index contributed by atoms with van der Waals surface area (Å²) in [6.45, 7) is -0.0386. The van der Waals surface area contributed by atoms with Gasteiger partial charge in [-0.3, -0.25) is 19.3 Å². The van der Waals surface area contributed by atoms with E-state index in [0.29, 0.717) is 11.1 Å². The van der Waals surface area contributed by atoms with Crippen molar-refractivity contribution in [3.05, 3.63) is 70.0 Å². The zero-order chi connectivity index (χ0) is 27.7. The molecule has 5 rings (SSSR count). The highest BCUT2D eigenvalue weighted by Gasteiger charge is 2.64. The topological polar surface area (TPSA) is 187 Å². The van der Waals surface area contributed by atoms with Crippen LogP contribution in [0.25, 0.3) is 16.9 Å². The highest BCUT2D eigenvalue weighted by molar-refractivity contribution is 6.24. The molecule has 10 nitrogen and oxygen atoms in total. The van der Waals surface area contributed by atoms with Crippen LogP contribution in [0.4, 0.5) is 0 Å². The van der Waals surface area contributed by atoms with E-state index in [4.69, 9.17) is 11.5 Å². The number of ketones is 2. The number of nitrogens with zero attached hydrogens (tertiary/aromatic N) is 1. The van der Waals surface area contributed by atoms with Gasteiger partial charge in [0, 0.05) is 23.6 Å². The first-order chi connectivity index (χ1) is 17.9. The minimum atomic E-state index is -2.67. The van der Waals surface area contributed by atoms with Crippen LogP contribution in [-0.2, 0) is 27.3 Å². The van der Waals surface area contributed by atoms with E-state index in [2.05, 4.69) is 0 Å². The average molecular weight is 520 g/mol.